The van der Waals surface area contributed by atoms with Gasteiger partial charge in [-0.1, -0.05) is 0 Å². The Hall–Kier alpha value is -0.360. The molecule has 0 saturated heterocycles. The number of rotatable bonds is 5. The second-order valence-electron chi connectivity index (χ2n) is 2.39. The molecule has 0 bridgehead atoms. The van der Waals surface area contributed by atoms with Crippen LogP contribution in [0.25, 0.3) is 0 Å². The summed E-state index contributed by atoms with van der Waals surface area (Å²) in [5, 5.41) is 25.2. The predicted octanol–water partition coefficient (Wildman–Crippen LogP) is -0.875. The van der Waals surface area contributed by atoms with E-state index in [0.717, 1.165) is 0 Å². The molecule has 0 rings (SSSR count). The highest BCUT2D eigenvalue weighted by Gasteiger charge is 2.05. The fraction of sp³-hybridized carbons (Fsp3) is 0.833. The maximum absolute atomic E-state index is 10.0. The average molecular weight is 200 g/mol. The molecule has 0 radical (unpaired) electrons. The molecule has 0 unspecified atom stereocenters. The van der Waals surface area contributed by atoms with Crippen molar-refractivity contribution in [2.75, 3.05) is 20.1 Å². The lowest BCUT2D eigenvalue weighted by Crippen LogP contribution is -2.30. The Morgan fingerprint density at radius 1 is 1.50 bits per heavy atom. The molecule has 0 fully saturated rings. The summed E-state index contributed by atoms with van der Waals surface area (Å²) in [6.45, 7) is 0.403. The second-order valence-corrected chi connectivity index (χ2v) is 2.39. The highest BCUT2D eigenvalue weighted by Crippen LogP contribution is 1.88. The number of nitrogens with zero attached hydrogens (tertiary/aromatic N) is 1. The molecule has 0 heterocycles. The first-order valence-corrected chi connectivity index (χ1v) is 3.29. The summed E-state index contributed by atoms with van der Waals surface area (Å²) in [6.07, 6.45) is -1.38. The minimum absolute atomic E-state index is 0. The third-order valence-corrected chi connectivity index (χ3v) is 1.18. The molecule has 0 aromatic carbocycles. The number of halogens is 1. The number of carboxylic acid groups (broad SMARTS) is 1. The van der Waals surface area contributed by atoms with Crippen molar-refractivity contribution in [2.24, 2.45) is 0 Å². The topological polar surface area (TPSA) is 81.0 Å². The minimum Gasteiger partial charge on any atom is -0.481 e. The number of aliphatic hydroxyl groups excluding tert-OH is 1. The molecule has 0 amide bonds. The van der Waals surface area contributed by atoms with Crippen LogP contribution < -0.4 is 0 Å². The van der Waals surface area contributed by atoms with Crippen LogP contribution in [0.1, 0.15) is 6.42 Å². The zero-order chi connectivity index (χ0) is 8.85. The van der Waals surface area contributed by atoms with E-state index in [1.807, 2.05) is 0 Å². The molecule has 0 aliphatic rings. The van der Waals surface area contributed by atoms with Crippen molar-refractivity contribution in [1.82, 2.24) is 4.90 Å². The van der Waals surface area contributed by atoms with Gasteiger partial charge in [0.2, 0.25) is 0 Å². The Labute approximate surface area is 77.0 Å². The van der Waals surface area contributed by atoms with Gasteiger partial charge in [-0.2, -0.15) is 0 Å². The van der Waals surface area contributed by atoms with Crippen molar-refractivity contribution in [2.45, 2.75) is 12.7 Å². The SMILES string of the molecule is CN(CCC(=O)O)CC(O)O.Cl. The summed E-state index contributed by atoms with van der Waals surface area (Å²) in [5.41, 5.74) is 0. The van der Waals surface area contributed by atoms with Gasteiger partial charge in [-0.05, 0) is 7.05 Å². The number of likely N-dealkylation sites (N-methyl/N-ethyl adjacent to an activating group) is 1. The van der Waals surface area contributed by atoms with Crippen LogP contribution in [0, 0.1) is 0 Å². The molecule has 0 aromatic heterocycles. The van der Waals surface area contributed by atoms with Crippen molar-refractivity contribution < 1.29 is 20.1 Å². The van der Waals surface area contributed by atoms with Gasteiger partial charge in [0.1, 0.15) is 0 Å². The van der Waals surface area contributed by atoms with Gasteiger partial charge < -0.3 is 20.2 Å². The van der Waals surface area contributed by atoms with Crippen molar-refractivity contribution in [3.63, 3.8) is 0 Å². The van der Waals surface area contributed by atoms with E-state index in [4.69, 9.17) is 15.3 Å². The Bertz CT molecular complexity index is 131. The van der Waals surface area contributed by atoms with Crippen LogP contribution in [0.5, 0.6) is 0 Å². The number of aliphatic hydroxyl groups is 2. The number of hydrogen-bond acceptors (Lipinski definition) is 4. The van der Waals surface area contributed by atoms with E-state index >= 15 is 0 Å². The molecular weight excluding hydrogens is 186 g/mol. The number of aliphatic carboxylic acids is 1. The van der Waals surface area contributed by atoms with Gasteiger partial charge in [0.25, 0.3) is 0 Å². The van der Waals surface area contributed by atoms with Gasteiger partial charge in [-0.15, -0.1) is 12.4 Å². The zero-order valence-electron chi connectivity index (χ0n) is 6.80. The van der Waals surface area contributed by atoms with Crippen LogP contribution >= 0.6 is 12.4 Å². The first-order chi connectivity index (χ1) is 5.02. The lowest BCUT2D eigenvalue weighted by molar-refractivity contribution is -0.137. The van der Waals surface area contributed by atoms with Crippen LogP contribution in [0.15, 0.2) is 0 Å². The molecular formula is C6H14ClNO4. The fourth-order valence-corrected chi connectivity index (χ4v) is 0.657. The van der Waals surface area contributed by atoms with E-state index in [9.17, 15) is 4.79 Å². The van der Waals surface area contributed by atoms with Crippen LogP contribution in [0.2, 0.25) is 0 Å². The van der Waals surface area contributed by atoms with Gasteiger partial charge in [-0.3, -0.25) is 4.79 Å². The summed E-state index contributed by atoms with van der Waals surface area (Å²) in [7, 11) is 1.63. The molecule has 3 N–H and O–H groups in total. The van der Waals surface area contributed by atoms with Crippen LogP contribution in [-0.2, 0) is 4.79 Å². The van der Waals surface area contributed by atoms with Gasteiger partial charge in [-0.25, -0.2) is 0 Å². The molecule has 0 atom stereocenters. The fourth-order valence-electron chi connectivity index (χ4n) is 0.657. The average Bonchev–Trinajstić information content (AvgIpc) is 1.82. The first kappa shape index (κ1) is 14.2. The number of carbonyl (C=O) groups is 1. The lowest BCUT2D eigenvalue weighted by atomic mass is 10.4. The third kappa shape index (κ3) is 9.64. The summed E-state index contributed by atoms with van der Waals surface area (Å²) in [5.74, 6) is -0.885. The molecule has 12 heavy (non-hydrogen) atoms. The molecule has 74 valence electrons. The number of hydrogen-bond donors (Lipinski definition) is 3. The van der Waals surface area contributed by atoms with E-state index in [2.05, 4.69) is 0 Å². The van der Waals surface area contributed by atoms with Crippen LogP contribution in [-0.4, -0.2) is 52.6 Å². The van der Waals surface area contributed by atoms with E-state index in [1.54, 1.807) is 11.9 Å². The van der Waals surface area contributed by atoms with Crippen LogP contribution in [0.4, 0.5) is 0 Å². The maximum Gasteiger partial charge on any atom is 0.304 e. The van der Waals surface area contributed by atoms with Gasteiger partial charge in [0, 0.05) is 13.1 Å². The second kappa shape index (κ2) is 7.30. The summed E-state index contributed by atoms with van der Waals surface area (Å²) in [4.78, 5) is 11.6. The van der Waals surface area contributed by atoms with E-state index in [1.165, 1.54) is 0 Å². The smallest absolute Gasteiger partial charge is 0.304 e. The largest absolute Gasteiger partial charge is 0.481 e. The van der Waals surface area contributed by atoms with Gasteiger partial charge in [0.05, 0.1) is 6.42 Å². The molecule has 0 aliphatic heterocycles. The summed E-state index contributed by atoms with van der Waals surface area (Å²) in [6, 6.07) is 0. The molecule has 5 nitrogen and oxygen atoms in total. The van der Waals surface area contributed by atoms with Crippen molar-refractivity contribution >= 4 is 18.4 Å². The van der Waals surface area contributed by atoms with Gasteiger partial charge >= 0.3 is 5.97 Å². The first-order valence-electron chi connectivity index (χ1n) is 3.29. The monoisotopic (exact) mass is 199 g/mol. The van der Waals surface area contributed by atoms with Crippen molar-refractivity contribution in [1.29, 1.82) is 0 Å². The normalized spacial score (nSPS) is 10.1. The zero-order valence-corrected chi connectivity index (χ0v) is 7.62. The molecule has 6 heteroatoms. The number of carboxylic acids is 1. The van der Waals surface area contributed by atoms with E-state index < -0.39 is 12.3 Å². The summed E-state index contributed by atoms with van der Waals surface area (Å²) < 4.78 is 0. The standard InChI is InChI=1S/C6H13NO4.ClH/c1-7(4-6(10)11)3-2-5(8)9;/h6,10-11H,2-4H2,1H3,(H,8,9);1H. The molecule has 0 aromatic rings. The molecule has 0 saturated carbocycles. The Balaban J connectivity index is 0. The lowest BCUT2D eigenvalue weighted by Gasteiger charge is -2.15. The molecule has 0 aliphatic carbocycles. The van der Waals surface area contributed by atoms with E-state index in [0.29, 0.717) is 6.54 Å². The van der Waals surface area contributed by atoms with Crippen LogP contribution in [0.3, 0.4) is 0 Å². The quantitative estimate of drug-likeness (QED) is 0.502. The maximum atomic E-state index is 10.0. The third-order valence-electron chi connectivity index (χ3n) is 1.18. The van der Waals surface area contributed by atoms with Crippen molar-refractivity contribution in [3.8, 4) is 0 Å². The van der Waals surface area contributed by atoms with Crippen molar-refractivity contribution in [3.05, 3.63) is 0 Å². The van der Waals surface area contributed by atoms with Gasteiger partial charge in [0.15, 0.2) is 6.29 Å². The highest BCUT2D eigenvalue weighted by molar-refractivity contribution is 5.85. The highest BCUT2D eigenvalue weighted by atomic mass is 35.5. The minimum atomic E-state index is -1.39. The molecule has 0 spiro atoms. The Kier molecular flexibility index (Phi) is 8.62. The predicted molar refractivity (Wildman–Crippen MR) is 45.2 cm³/mol. The Morgan fingerprint density at radius 3 is 2.33 bits per heavy atom. The summed E-state index contributed by atoms with van der Waals surface area (Å²) >= 11 is 0. The Morgan fingerprint density at radius 2 is 2.00 bits per heavy atom. The van der Waals surface area contributed by atoms with E-state index in [-0.39, 0.29) is 25.4 Å².